The minimum atomic E-state index is -0.667. The van der Waals surface area contributed by atoms with Crippen LogP contribution in [-0.4, -0.2) is 73.9 Å². The Morgan fingerprint density at radius 3 is 2.35 bits per heavy atom. The quantitative estimate of drug-likeness (QED) is 0.524. The normalized spacial score (nSPS) is 23.4. The summed E-state index contributed by atoms with van der Waals surface area (Å²) in [6, 6.07) is 3.16. The van der Waals surface area contributed by atoms with Crippen molar-refractivity contribution in [1.82, 2.24) is 29.3 Å². The smallest absolute Gasteiger partial charge is 0.274 e. The van der Waals surface area contributed by atoms with Crippen molar-refractivity contribution in [3.63, 3.8) is 0 Å². The molecule has 3 aromatic rings. The van der Waals surface area contributed by atoms with Crippen LogP contribution in [0.2, 0.25) is 0 Å². The highest BCUT2D eigenvalue weighted by molar-refractivity contribution is 5.93. The van der Waals surface area contributed by atoms with Gasteiger partial charge in [-0.05, 0) is 24.7 Å². The van der Waals surface area contributed by atoms with Crippen LogP contribution < -0.4 is 4.74 Å². The second-order valence-corrected chi connectivity index (χ2v) is 10.3. The number of fused-ring (bicyclic) bond motifs is 2. The number of ether oxygens (including phenoxy) is 1. The van der Waals surface area contributed by atoms with Crippen LogP contribution in [0.15, 0.2) is 24.4 Å². The van der Waals surface area contributed by atoms with Crippen molar-refractivity contribution in [2.75, 3.05) is 32.8 Å². The number of aromatic nitrogens is 4. The van der Waals surface area contributed by atoms with Gasteiger partial charge in [0.25, 0.3) is 5.91 Å². The number of hydrogen-bond acceptors (Lipinski definition) is 6. The van der Waals surface area contributed by atoms with Crippen molar-refractivity contribution in [3.8, 4) is 5.75 Å². The Hall–Kier alpha value is -3.63. The molecule has 2 amide bonds. The van der Waals surface area contributed by atoms with Crippen LogP contribution in [0.4, 0.5) is 8.78 Å². The van der Waals surface area contributed by atoms with Gasteiger partial charge in [-0.1, -0.05) is 0 Å². The molecule has 1 aromatic carbocycles. The molecule has 2 aromatic heterocycles. The summed E-state index contributed by atoms with van der Waals surface area (Å²) < 4.78 is 34.2. The SMILES string of the molecule is CC(=O)N1CCC(c2nc3ncc(C(=O)N4C[C@@H]5[C@H](COc6cc(F)cc(F)c6)[C@@H]5C4)nc3n2C)CC1. The number of carbonyl (C=O) groups excluding carboxylic acids is 2. The summed E-state index contributed by atoms with van der Waals surface area (Å²) in [4.78, 5) is 42.2. The largest absolute Gasteiger partial charge is 0.493 e. The molecule has 11 heteroatoms. The lowest BCUT2D eigenvalue weighted by atomic mass is 9.96. The first-order valence-corrected chi connectivity index (χ1v) is 12.6. The molecule has 0 unspecified atom stereocenters. The molecule has 3 aliphatic rings. The monoisotopic (exact) mass is 510 g/mol. The lowest BCUT2D eigenvalue weighted by molar-refractivity contribution is -0.129. The molecule has 2 saturated heterocycles. The molecule has 37 heavy (non-hydrogen) atoms. The minimum absolute atomic E-state index is 0.0929. The van der Waals surface area contributed by atoms with E-state index in [0.717, 1.165) is 24.7 Å². The number of likely N-dealkylation sites (tertiary alicyclic amines) is 2. The first-order valence-electron chi connectivity index (χ1n) is 12.6. The Kier molecular flexibility index (Phi) is 5.80. The third-order valence-electron chi connectivity index (χ3n) is 8.08. The molecule has 0 bridgehead atoms. The van der Waals surface area contributed by atoms with Crippen LogP contribution in [0.3, 0.4) is 0 Å². The average Bonchev–Trinajstić information content (AvgIpc) is 3.18. The number of nitrogens with zero attached hydrogens (tertiary/aromatic N) is 6. The highest BCUT2D eigenvalue weighted by Gasteiger charge is 2.57. The number of amides is 2. The molecule has 1 saturated carbocycles. The number of aryl methyl sites for hydroxylation is 1. The fourth-order valence-corrected chi connectivity index (χ4v) is 5.92. The van der Waals surface area contributed by atoms with Crippen molar-refractivity contribution < 1.29 is 23.1 Å². The van der Waals surface area contributed by atoms with Crippen molar-refractivity contribution in [2.45, 2.75) is 25.7 Å². The van der Waals surface area contributed by atoms with E-state index in [-0.39, 0.29) is 35.1 Å². The van der Waals surface area contributed by atoms with Gasteiger partial charge in [-0.3, -0.25) is 9.59 Å². The summed E-state index contributed by atoms with van der Waals surface area (Å²) >= 11 is 0. The third kappa shape index (κ3) is 4.40. The summed E-state index contributed by atoms with van der Waals surface area (Å²) in [6.45, 7) is 4.57. The highest BCUT2D eigenvalue weighted by Crippen LogP contribution is 2.52. The molecule has 1 aliphatic carbocycles. The summed E-state index contributed by atoms with van der Waals surface area (Å²) in [5, 5.41) is 0. The predicted octanol–water partition coefficient (Wildman–Crippen LogP) is 2.76. The van der Waals surface area contributed by atoms with E-state index in [0.29, 0.717) is 55.9 Å². The van der Waals surface area contributed by atoms with Gasteiger partial charge in [0, 0.05) is 70.2 Å². The minimum Gasteiger partial charge on any atom is -0.493 e. The Morgan fingerprint density at radius 1 is 1.03 bits per heavy atom. The van der Waals surface area contributed by atoms with E-state index in [4.69, 9.17) is 4.74 Å². The van der Waals surface area contributed by atoms with Gasteiger partial charge in [0.2, 0.25) is 5.91 Å². The Morgan fingerprint density at radius 2 is 1.70 bits per heavy atom. The molecule has 9 nitrogen and oxygen atoms in total. The highest BCUT2D eigenvalue weighted by atomic mass is 19.1. The molecule has 3 fully saturated rings. The number of halogens is 2. The van der Waals surface area contributed by atoms with Crippen LogP contribution in [0.1, 0.15) is 42.0 Å². The van der Waals surface area contributed by atoms with Crippen molar-refractivity contribution in [2.24, 2.45) is 24.8 Å². The topological polar surface area (TPSA) is 93.5 Å². The van der Waals surface area contributed by atoms with Crippen LogP contribution in [0.25, 0.3) is 11.3 Å². The van der Waals surface area contributed by atoms with Gasteiger partial charge in [0.15, 0.2) is 11.3 Å². The molecule has 0 spiro atoms. The molecular formula is C26H28F2N6O3. The zero-order chi connectivity index (χ0) is 25.8. The van der Waals surface area contributed by atoms with Crippen molar-refractivity contribution >= 4 is 23.1 Å². The first-order chi connectivity index (χ1) is 17.8. The Bertz CT molecular complexity index is 1350. The van der Waals surface area contributed by atoms with Gasteiger partial charge in [-0.25, -0.2) is 23.7 Å². The molecule has 3 atom stereocenters. The number of piperidine rings is 2. The van der Waals surface area contributed by atoms with E-state index in [1.165, 1.54) is 18.3 Å². The molecule has 194 valence electrons. The van der Waals surface area contributed by atoms with E-state index in [2.05, 4.69) is 15.0 Å². The fourth-order valence-electron chi connectivity index (χ4n) is 5.92. The van der Waals surface area contributed by atoms with Crippen molar-refractivity contribution in [1.29, 1.82) is 0 Å². The summed E-state index contributed by atoms with van der Waals surface area (Å²) in [5.41, 5.74) is 1.38. The summed E-state index contributed by atoms with van der Waals surface area (Å²) in [6.07, 6.45) is 3.15. The second-order valence-electron chi connectivity index (χ2n) is 10.3. The van der Waals surface area contributed by atoms with E-state index in [1.54, 1.807) is 11.8 Å². The number of benzene rings is 1. The van der Waals surface area contributed by atoms with E-state index in [1.807, 2.05) is 16.5 Å². The number of carbonyl (C=O) groups is 2. The molecule has 4 heterocycles. The van der Waals surface area contributed by atoms with Crippen LogP contribution in [0, 0.1) is 29.4 Å². The van der Waals surface area contributed by atoms with E-state index < -0.39 is 11.6 Å². The van der Waals surface area contributed by atoms with E-state index >= 15 is 0 Å². The Balaban J connectivity index is 1.08. The maximum Gasteiger partial charge on any atom is 0.274 e. The maximum absolute atomic E-state index is 13.4. The van der Waals surface area contributed by atoms with Gasteiger partial charge >= 0.3 is 0 Å². The van der Waals surface area contributed by atoms with Gasteiger partial charge in [-0.15, -0.1) is 0 Å². The number of rotatable bonds is 5. The molecule has 0 N–H and O–H groups in total. The van der Waals surface area contributed by atoms with Gasteiger partial charge in [0.05, 0.1) is 12.8 Å². The lowest BCUT2D eigenvalue weighted by Gasteiger charge is -2.30. The zero-order valence-electron chi connectivity index (χ0n) is 20.7. The van der Waals surface area contributed by atoms with Crippen LogP contribution in [-0.2, 0) is 11.8 Å². The third-order valence-corrected chi connectivity index (χ3v) is 8.08. The maximum atomic E-state index is 13.4. The van der Waals surface area contributed by atoms with Crippen LogP contribution >= 0.6 is 0 Å². The fraction of sp³-hybridized carbons (Fsp3) is 0.500. The summed E-state index contributed by atoms with van der Waals surface area (Å²) in [5.74, 6) is 0.750. The van der Waals surface area contributed by atoms with E-state index in [9.17, 15) is 18.4 Å². The molecular weight excluding hydrogens is 482 g/mol. The molecule has 0 radical (unpaired) electrons. The number of hydrogen-bond donors (Lipinski definition) is 0. The second kappa shape index (κ2) is 9.04. The Labute approximate surface area is 212 Å². The molecule has 6 rings (SSSR count). The standard InChI is InChI=1S/C26H28F2N6O3/c1-14(35)33-5-3-15(4-6-33)24-31-23-25(32(24)2)30-22(10-29-23)26(36)34-11-19-20(12-34)21(19)13-37-18-8-16(27)7-17(28)9-18/h7-10,15,19-21H,3-6,11-13H2,1-2H3/t19-,20+,21-. The predicted molar refractivity (Wildman–Crippen MR) is 129 cm³/mol. The van der Waals surface area contributed by atoms with Gasteiger partial charge in [0.1, 0.15) is 28.9 Å². The summed E-state index contributed by atoms with van der Waals surface area (Å²) in [7, 11) is 1.89. The first kappa shape index (κ1) is 23.7. The van der Waals surface area contributed by atoms with Crippen LogP contribution in [0.5, 0.6) is 5.75 Å². The van der Waals surface area contributed by atoms with Crippen molar-refractivity contribution in [3.05, 3.63) is 47.5 Å². The molecule has 2 aliphatic heterocycles. The van der Waals surface area contributed by atoms with Gasteiger partial charge < -0.3 is 19.1 Å². The zero-order valence-corrected chi connectivity index (χ0v) is 20.7. The van der Waals surface area contributed by atoms with Gasteiger partial charge in [-0.2, -0.15) is 0 Å². The number of imidazole rings is 1. The average molecular weight is 511 g/mol. The lowest BCUT2D eigenvalue weighted by Crippen LogP contribution is -2.36.